The van der Waals surface area contributed by atoms with Gasteiger partial charge in [0.25, 0.3) is 5.91 Å². The number of carbonyl (C=O) groups excluding carboxylic acids is 4. The normalized spacial score (nSPS) is 21.3. The van der Waals surface area contributed by atoms with Gasteiger partial charge in [-0.2, -0.15) is 0 Å². The first-order valence-corrected chi connectivity index (χ1v) is 23.5. The summed E-state index contributed by atoms with van der Waals surface area (Å²) in [6.07, 6.45) is 5.79. The molecule has 0 fully saturated rings. The van der Waals surface area contributed by atoms with Gasteiger partial charge in [-0.25, -0.2) is 0 Å². The second-order valence-electron chi connectivity index (χ2n) is 17.3. The molecule has 62 heavy (non-hydrogen) atoms. The first kappa shape index (κ1) is 44.3. The Bertz CT molecular complexity index is 2340. The Morgan fingerprint density at radius 2 is 1.34 bits per heavy atom. The number of carbonyl (C=O) groups is 4. The van der Waals surface area contributed by atoms with E-state index in [1.54, 1.807) is 39.2 Å². The summed E-state index contributed by atoms with van der Waals surface area (Å²) in [6.45, 7) is 0. The standard InChI is InChI=1S/C49H57N4O8P/c1-52(2)37-29-36(43(55)40-34(37)27-30-28-35-42(53(3)4)45(57)41(48(50)60)47(59)49(35,61)46(58)39(30)44(40)56)51-38(54)25-17-6-5-7-18-26-62(31-19-11-8-12-20-31,32-21-13-9-14-22-32)33-23-15-10-16-24-33/h8-16,19-24,29-30,35,42,55,57-58,61-62H,5-7,17-18,25-28H2,1-4H3,(H2,50,60)(H,51,54)/t30-,35-,42-,49-/m0/s1. The van der Waals surface area contributed by atoms with Crippen LogP contribution in [-0.2, 0) is 20.8 Å². The number of Topliss-reactive ketones (excluding diaryl/α,β-unsaturated/α-hetero) is 2. The number of anilines is 2. The van der Waals surface area contributed by atoms with E-state index >= 15 is 0 Å². The van der Waals surface area contributed by atoms with Crippen molar-refractivity contribution in [1.82, 2.24) is 4.90 Å². The summed E-state index contributed by atoms with van der Waals surface area (Å²) in [4.78, 5) is 57.1. The van der Waals surface area contributed by atoms with Gasteiger partial charge in [-0.1, -0.05) is 0 Å². The quantitative estimate of drug-likeness (QED) is 0.0401. The molecule has 13 heteroatoms. The Kier molecular flexibility index (Phi) is 12.8. The number of aliphatic hydroxyl groups excluding tert-OH is 2. The molecule has 0 saturated heterocycles. The number of nitrogens with two attached hydrogens (primary N) is 1. The first-order valence-electron chi connectivity index (χ1n) is 21.3. The van der Waals surface area contributed by atoms with E-state index < -0.39 is 71.1 Å². The van der Waals surface area contributed by atoms with Crippen molar-refractivity contribution < 1.29 is 39.6 Å². The van der Waals surface area contributed by atoms with Crippen molar-refractivity contribution in [2.24, 2.45) is 17.6 Å². The van der Waals surface area contributed by atoms with Gasteiger partial charge in [-0.05, 0) is 38.4 Å². The summed E-state index contributed by atoms with van der Waals surface area (Å²) in [5.41, 5.74) is 2.50. The number of benzene rings is 4. The molecule has 0 aromatic heterocycles. The SMILES string of the molecule is CN(C)c1cc(NC(=O)CCCCCCC[PH](c2ccccc2)(c2ccccc2)c2ccccc2)c(O)c2c1C[C@H]1C[C@H]3[C@H](N(C)C)C(O)=C(C(N)=O)C(=O)[C@@]3(O)C(O)=C1C2=O. The van der Waals surface area contributed by atoms with Crippen molar-refractivity contribution in [3.63, 3.8) is 0 Å². The van der Waals surface area contributed by atoms with Crippen molar-refractivity contribution in [1.29, 1.82) is 0 Å². The number of aromatic hydroxyl groups is 1. The van der Waals surface area contributed by atoms with Gasteiger partial charge >= 0.3 is 209 Å². The Balaban J connectivity index is 1.05. The summed E-state index contributed by atoms with van der Waals surface area (Å²) in [7, 11) is 4.39. The van der Waals surface area contributed by atoms with Crippen LogP contribution in [0.3, 0.4) is 0 Å². The van der Waals surface area contributed by atoms with E-state index in [4.69, 9.17) is 5.73 Å². The molecular weight excluding hydrogens is 804 g/mol. The van der Waals surface area contributed by atoms with E-state index in [9.17, 15) is 39.6 Å². The molecule has 4 aromatic rings. The number of nitrogens with one attached hydrogen (secondary N) is 1. The number of amides is 2. The number of rotatable bonds is 15. The molecule has 7 N–H and O–H groups in total. The number of unbranched alkanes of at least 4 members (excludes halogenated alkanes) is 4. The van der Waals surface area contributed by atoms with Crippen LogP contribution in [0.4, 0.5) is 11.4 Å². The summed E-state index contributed by atoms with van der Waals surface area (Å²) in [5, 5.41) is 53.3. The molecule has 0 aliphatic heterocycles. The van der Waals surface area contributed by atoms with Gasteiger partial charge in [0.2, 0.25) is 5.78 Å². The summed E-state index contributed by atoms with van der Waals surface area (Å²) < 4.78 is 0. The smallest absolute Gasteiger partial charge is 0.510 e. The molecule has 7 rings (SSSR count). The fourth-order valence-electron chi connectivity index (χ4n) is 10.3. The summed E-state index contributed by atoms with van der Waals surface area (Å²) in [6, 6.07) is 33.1. The molecule has 0 unspecified atom stereocenters. The second-order valence-corrected chi connectivity index (χ2v) is 21.4. The maximum atomic E-state index is 14.4. The molecule has 3 aliphatic rings. The number of likely N-dealkylation sites (N-methyl/N-ethyl adjacent to an activating group) is 1. The van der Waals surface area contributed by atoms with Crippen LogP contribution in [-0.4, -0.2) is 94.7 Å². The predicted octanol–water partition coefficient (Wildman–Crippen LogP) is 5.19. The number of ketones is 2. The van der Waals surface area contributed by atoms with Crippen molar-refractivity contribution in [3.8, 4) is 5.75 Å². The van der Waals surface area contributed by atoms with Crippen molar-refractivity contribution in [2.45, 2.75) is 63.0 Å². The number of aliphatic hydroxyl groups is 3. The zero-order valence-electron chi connectivity index (χ0n) is 35.7. The molecule has 3 aliphatic carbocycles. The molecular formula is C49H57N4O8P. The van der Waals surface area contributed by atoms with Crippen molar-refractivity contribution >= 4 is 57.9 Å². The van der Waals surface area contributed by atoms with Crippen LogP contribution >= 0.6 is 7.26 Å². The van der Waals surface area contributed by atoms with E-state index in [2.05, 4.69) is 96.3 Å². The van der Waals surface area contributed by atoms with E-state index in [-0.39, 0.29) is 42.0 Å². The minimum Gasteiger partial charge on any atom is -0.510 e. The number of hydrogen-bond donors (Lipinski definition) is 6. The Morgan fingerprint density at radius 1 is 0.806 bits per heavy atom. The number of phenols is 1. The minimum atomic E-state index is -2.74. The summed E-state index contributed by atoms with van der Waals surface area (Å²) >= 11 is 0. The number of fused-ring (bicyclic) bond motifs is 3. The third-order valence-electron chi connectivity index (χ3n) is 13.2. The molecule has 0 radical (unpaired) electrons. The second kappa shape index (κ2) is 17.9. The fraction of sp³-hybridized carbons (Fsp3) is 0.347. The molecule has 0 heterocycles. The third-order valence-corrected chi connectivity index (χ3v) is 18.3. The van der Waals surface area contributed by atoms with Crippen molar-refractivity contribution in [3.05, 3.63) is 131 Å². The van der Waals surface area contributed by atoms with E-state index in [1.807, 2.05) is 0 Å². The predicted molar refractivity (Wildman–Crippen MR) is 246 cm³/mol. The molecule has 12 nitrogen and oxygen atoms in total. The molecule has 4 atom stereocenters. The number of nitrogens with zero attached hydrogens (tertiary/aromatic N) is 2. The molecule has 4 aromatic carbocycles. The fourth-order valence-corrected chi connectivity index (χ4v) is 15.2. The van der Waals surface area contributed by atoms with Gasteiger partial charge in [0.15, 0.2) is 11.4 Å². The molecule has 0 saturated carbocycles. The Morgan fingerprint density at radius 3 is 1.85 bits per heavy atom. The number of primary amides is 1. The zero-order valence-corrected chi connectivity index (χ0v) is 36.7. The first-order chi connectivity index (χ1) is 29.6. The molecule has 0 bridgehead atoms. The number of allylic oxidation sites excluding steroid dienone is 1. The minimum absolute atomic E-state index is 0.0195. The van der Waals surface area contributed by atoms with Gasteiger partial charge in [-0.15, -0.1) is 0 Å². The monoisotopic (exact) mass is 860 g/mol. The van der Waals surface area contributed by atoms with E-state index in [0.29, 0.717) is 17.7 Å². The van der Waals surface area contributed by atoms with Crippen LogP contribution in [0.15, 0.2) is 120 Å². The van der Waals surface area contributed by atoms with Crippen LogP contribution < -0.4 is 31.9 Å². The Labute approximate surface area is 363 Å². The van der Waals surface area contributed by atoms with Crippen LogP contribution in [0, 0.1) is 11.8 Å². The molecule has 326 valence electrons. The Hall–Kier alpha value is -5.81. The average molecular weight is 861 g/mol. The van der Waals surface area contributed by atoms with E-state index in [1.165, 1.54) is 20.8 Å². The van der Waals surface area contributed by atoms with Crippen LogP contribution in [0.1, 0.15) is 60.9 Å². The summed E-state index contributed by atoms with van der Waals surface area (Å²) in [5.74, 6) is -7.62. The van der Waals surface area contributed by atoms with Crippen LogP contribution in [0.5, 0.6) is 5.75 Å². The maximum absolute atomic E-state index is 14.4. The van der Waals surface area contributed by atoms with Gasteiger partial charge in [0.1, 0.15) is 17.1 Å². The van der Waals surface area contributed by atoms with Gasteiger partial charge in [0.05, 0.1) is 6.04 Å². The topological polar surface area (TPSA) is 194 Å². The number of hydrogen-bond acceptors (Lipinski definition) is 10. The van der Waals surface area contributed by atoms with Gasteiger partial charge in [0, 0.05) is 25.6 Å². The van der Waals surface area contributed by atoms with E-state index in [0.717, 1.165) is 31.8 Å². The third kappa shape index (κ3) is 7.69. The number of phenolic OH excluding ortho intramolecular Hbond substituents is 1. The van der Waals surface area contributed by atoms with Crippen LogP contribution in [0.25, 0.3) is 0 Å². The zero-order chi connectivity index (χ0) is 44.5. The van der Waals surface area contributed by atoms with Gasteiger partial charge < -0.3 is 26.0 Å². The van der Waals surface area contributed by atoms with Crippen LogP contribution in [0.2, 0.25) is 0 Å². The van der Waals surface area contributed by atoms with Gasteiger partial charge in [-0.3, -0.25) is 19.3 Å². The molecule has 2 amide bonds. The molecule has 0 spiro atoms. The average Bonchev–Trinajstić information content (AvgIpc) is 3.24. The van der Waals surface area contributed by atoms with Crippen molar-refractivity contribution in [2.75, 3.05) is 44.6 Å².